The molecule has 0 radical (unpaired) electrons. The van der Waals surface area contributed by atoms with Gasteiger partial charge in [0.05, 0.1) is 33.0 Å². The summed E-state index contributed by atoms with van der Waals surface area (Å²) in [6.45, 7) is 16.7. The molecule has 1 aromatic carbocycles. The third-order valence-corrected chi connectivity index (χ3v) is 9.59. The number of aryl methyl sites for hydroxylation is 1. The van der Waals surface area contributed by atoms with Crippen LogP contribution in [0.4, 0.5) is 0 Å². The van der Waals surface area contributed by atoms with Crippen LogP contribution >= 0.6 is 0 Å². The van der Waals surface area contributed by atoms with Crippen LogP contribution in [0.2, 0.25) is 18.1 Å². The van der Waals surface area contributed by atoms with Crippen LogP contribution in [0.3, 0.4) is 0 Å². The lowest BCUT2D eigenvalue weighted by Gasteiger charge is -2.36. The zero-order valence-electron chi connectivity index (χ0n) is 18.9. The zero-order valence-corrected chi connectivity index (χ0v) is 19.9. The van der Waals surface area contributed by atoms with Gasteiger partial charge in [-0.2, -0.15) is 0 Å². The molecule has 29 heavy (non-hydrogen) atoms. The summed E-state index contributed by atoms with van der Waals surface area (Å²) in [6.07, 6.45) is 0.952. The SMILES string of the molecule is CCc1cc(CO[Si](C)(C)C(C)(C)C)cc(OCCOCCOCCN=[N+]=[N-])c1. The Morgan fingerprint density at radius 1 is 0.966 bits per heavy atom. The van der Waals surface area contributed by atoms with Crippen LogP contribution in [-0.2, 0) is 26.9 Å². The van der Waals surface area contributed by atoms with Gasteiger partial charge in [-0.05, 0) is 53.3 Å². The highest BCUT2D eigenvalue weighted by atomic mass is 28.4. The predicted molar refractivity (Wildman–Crippen MR) is 119 cm³/mol. The Hall–Kier alpha value is -1.57. The molecule has 1 aromatic rings. The molecule has 0 aromatic heterocycles. The molecule has 0 N–H and O–H groups in total. The van der Waals surface area contributed by atoms with Crippen molar-refractivity contribution in [2.45, 2.75) is 58.9 Å². The predicted octanol–water partition coefficient (Wildman–Crippen LogP) is 5.49. The van der Waals surface area contributed by atoms with Gasteiger partial charge in [-0.15, -0.1) is 0 Å². The highest BCUT2D eigenvalue weighted by Crippen LogP contribution is 2.37. The molecule has 164 valence electrons. The van der Waals surface area contributed by atoms with Crippen molar-refractivity contribution in [3.63, 3.8) is 0 Å². The molecule has 0 saturated heterocycles. The average Bonchev–Trinajstić information content (AvgIpc) is 2.67. The number of rotatable bonds is 14. The van der Waals surface area contributed by atoms with Crippen LogP contribution in [0.1, 0.15) is 38.8 Å². The summed E-state index contributed by atoms with van der Waals surface area (Å²) in [7, 11) is -1.78. The fourth-order valence-corrected chi connectivity index (χ4v) is 3.23. The lowest BCUT2D eigenvalue weighted by Crippen LogP contribution is -2.40. The van der Waals surface area contributed by atoms with E-state index in [4.69, 9.17) is 24.2 Å². The Bertz CT molecular complexity index is 656. The van der Waals surface area contributed by atoms with Gasteiger partial charge in [0.1, 0.15) is 12.4 Å². The van der Waals surface area contributed by atoms with Gasteiger partial charge >= 0.3 is 0 Å². The maximum absolute atomic E-state index is 8.17. The second-order valence-electron chi connectivity index (χ2n) is 8.42. The molecule has 0 unspecified atom stereocenters. The Morgan fingerprint density at radius 3 is 2.21 bits per heavy atom. The molecule has 0 heterocycles. The summed E-state index contributed by atoms with van der Waals surface area (Å²) < 4.78 is 23.0. The first-order valence-electron chi connectivity index (χ1n) is 10.3. The largest absolute Gasteiger partial charge is 0.491 e. The van der Waals surface area contributed by atoms with Crippen molar-refractivity contribution in [2.24, 2.45) is 5.11 Å². The number of nitrogens with zero attached hydrogens (tertiary/aromatic N) is 3. The van der Waals surface area contributed by atoms with Crippen molar-refractivity contribution in [3.05, 3.63) is 39.8 Å². The number of hydrogen-bond acceptors (Lipinski definition) is 5. The molecular formula is C21H37N3O4Si. The third-order valence-electron chi connectivity index (χ3n) is 5.11. The van der Waals surface area contributed by atoms with Crippen molar-refractivity contribution in [1.29, 1.82) is 0 Å². The molecule has 0 amide bonds. The number of benzene rings is 1. The summed E-state index contributed by atoms with van der Waals surface area (Å²) >= 11 is 0. The fraction of sp³-hybridized carbons (Fsp3) is 0.714. The minimum atomic E-state index is -1.78. The summed E-state index contributed by atoms with van der Waals surface area (Å²) in [4.78, 5) is 2.67. The Balaban J connectivity index is 2.42. The van der Waals surface area contributed by atoms with E-state index in [1.165, 1.54) is 5.56 Å². The van der Waals surface area contributed by atoms with Crippen molar-refractivity contribution in [1.82, 2.24) is 0 Å². The average molecular weight is 424 g/mol. The van der Waals surface area contributed by atoms with Gasteiger partial charge in [-0.25, -0.2) is 0 Å². The molecule has 0 fully saturated rings. The Labute approximate surface area is 176 Å². The smallest absolute Gasteiger partial charge is 0.192 e. The maximum Gasteiger partial charge on any atom is 0.192 e. The molecule has 0 aliphatic heterocycles. The van der Waals surface area contributed by atoms with Gasteiger partial charge in [-0.1, -0.05) is 38.9 Å². The second kappa shape index (κ2) is 12.9. The molecule has 0 aliphatic carbocycles. The summed E-state index contributed by atoms with van der Waals surface area (Å²) in [5.74, 6) is 0.854. The lowest BCUT2D eigenvalue weighted by atomic mass is 10.1. The van der Waals surface area contributed by atoms with Crippen molar-refractivity contribution >= 4 is 8.32 Å². The van der Waals surface area contributed by atoms with Crippen molar-refractivity contribution in [3.8, 4) is 5.75 Å². The minimum absolute atomic E-state index is 0.193. The minimum Gasteiger partial charge on any atom is -0.491 e. The number of hydrogen-bond donors (Lipinski definition) is 0. The van der Waals surface area contributed by atoms with E-state index in [2.05, 4.69) is 69.0 Å². The topological polar surface area (TPSA) is 85.7 Å². The van der Waals surface area contributed by atoms with Crippen LogP contribution < -0.4 is 4.74 Å². The Morgan fingerprint density at radius 2 is 1.59 bits per heavy atom. The highest BCUT2D eigenvalue weighted by Gasteiger charge is 2.37. The molecule has 0 atom stereocenters. The zero-order chi connectivity index (χ0) is 21.8. The second-order valence-corrected chi connectivity index (χ2v) is 13.2. The quantitative estimate of drug-likeness (QED) is 0.130. The van der Waals surface area contributed by atoms with Gasteiger partial charge in [-0.3, -0.25) is 0 Å². The van der Waals surface area contributed by atoms with Gasteiger partial charge in [0, 0.05) is 11.5 Å². The molecule has 0 aliphatic rings. The van der Waals surface area contributed by atoms with E-state index in [0.29, 0.717) is 46.2 Å². The van der Waals surface area contributed by atoms with Crippen LogP contribution in [0, 0.1) is 0 Å². The van der Waals surface area contributed by atoms with Crippen LogP contribution in [0.5, 0.6) is 5.75 Å². The van der Waals surface area contributed by atoms with E-state index < -0.39 is 8.32 Å². The van der Waals surface area contributed by atoms with Gasteiger partial charge < -0.3 is 18.6 Å². The van der Waals surface area contributed by atoms with Crippen molar-refractivity contribution < 1.29 is 18.6 Å². The lowest BCUT2D eigenvalue weighted by molar-refractivity contribution is 0.0388. The van der Waals surface area contributed by atoms with Gasteiger partial charge in [0.15, 0.2) is 8.32 Å². The van der Waals surface area contributed by atoms with E-state index >= 15 is 0 Å². The van der Waals surface area contributed by atoms with E-state index in [0.717, 1.165) is 17.7 Å². The number of ether oxygens (including phenoxy) is 3. The van der Waals surface area contributed by atoms with E-state index in [-0.39, 0.29) is 5.04 Å². The highest BCUT2D eigenvalue weighted by molar-refractivity contribution is 6.74. The van der Waals surface area contributed by atoms with E-state index in [9.17, 15) is 0 Å². The number of azide groups is 1. The van der Waals surface area contributed by atoms with Crippen molar-refractivity contribution in [2.75, 3.05) is 39.6 Å². The van der Waals surface area contributed by atoms with Gasteiger partial charge in [0.25, 0.3) is 0 Å². The van der Waals surface area contributed by atoms with E-state index in [1.807, 2.05) is 0 Å². The third kappa shape index (κ3) is 10.1. The molecule has 7 nitrogen and oxygen atoms in total. The maximum atomic E-state index is 8.17. The summed E-state index contributed by atoms with van der Waals surface area (Å²) in [5, 5.41) is 3.59. The fourth-order valence-electron chi connectivity index (χ4n) is 2.27. The van der Waals surface area contributed by atoms with Crippen LogP contribution in [0.15, 0.2) is 23.3 Å². The first-order chi connectivity index (χ1) is 13.7. The van der Waals surface area contributed by atoms with Gasteiger partial charge in [0.2, 0.25) is 0 Å². The van der Waals surface area contributed by atoms with E-state index in [1.54, 1.807) is 0 Å². The summed E-state index contributed by atoms with van der Waals surface area (Å²) in [6, 6.07) is 6.34. The first kappa shape index (κ1) is 25.5. The molecule has 0 saturated carbocycles. The van der Waals surface area contributed by atoms with Crippen LogP contribution in [0.25, 0.3) is 10.4 Å². The molecule has 8 heteroatoms. The normalized spacial score (nSPS) is 11.9. The Kier molecular flexibility index (Phi) is 11.3. The standard InChI is InChI=1S/C21H37N3O4Si/c1-7-18-14-19(17-28-29(5,6)21(2,3)4)16-20(15-18)27-13-12-26-11-10-25-9-8-23-24-22/h14-16H,7-13,17H2,1-6H3. The summed E-state index contributed by atoms with van der Waals surface area (Å²) in [5.41, 5.74) is 10.6. The first-order valence-corrected chi connectivity index (χ1v) is 13.2. The molecule has 0 bridgehead atoms. The molecular weight excluding hydrogens is 386 g/mol. The molecule has 0 spiro atoms. The van der Waals surface area contributed by atoms with Crippen LogP contribution in [-0.4, -0.2) is 47.9 Å². The monoisotopic (exact) mass is 423 g/mol. The molecule has 1 rings (SSSR count).